The second-order valence-electron chi connectivity index (χ2n) is 5.18. The molecule has 1 aliphatic rings. The number of hydrogen-bond acceptors (Lipinski definition) is 4. The largest absolute Gasteiger partial charge is 0.397 e. The number of carbonyl (C=O) groups is 1. The van der Waals surface area contributed by atoms with Gasteiger partial charge in [0.15, 0.2) is 0 Å². The second-order valence-corrected chi connectivity index (χ2v) is 5.18. The van der Waals surface area contributed by atoms with Crippen LogP contribution in [0.25, 0.3) is 0 Å². The van der Waals surface area contributed by atoms with Crippen molar-refractivity contribution in [3.63, 3.8) is 0 Å². The maximum atomic E-state index is 11.6. The van der Waals surface area contributed by atoms with Crippen LogP contribution in [0.1, 0.15) is 23.7 Å². The second kappa shape index (κ2) is 6.61. The Morgan fingerprint density at radius 2 is 2.00 bits per heavy atom. The Morgan fingerprint density at radius 1 is 1.30 bits per heavy atom. The number of nitrogens with zero attached hydrogens (tertiary/aromatic N) is 2. The molecule has 5 nitrogen and oxygen atoms in total. The molecule has 2 rings (SSSR count). The summed E-state index contributed by atoms with van der Waals surface area (Å²) in [5, 5.41) is 2.61. The van der Waals surface area contributed by atoms with Crippen LogP contribution in [0.5, 0.6) is 0 Å². The van der Waals surface area contributed by atoms with E-state index in [0.717, 1.165) is 31.9 Å². The van der Waals surface area contributed by atoms with Gasteiger partial charge < -0.3 is 16.0 Å². The zero-order valence-electron chi connectivity index (χ0n) is 12.4. The Morgan fingerprint density at radius 3 is 2.55 bits per heavy atom. The lowest BCUT2D eigenvalue weighted by molar-refractivity contribution is 0.0963. The molecular weight excluding hydrogens is 252 g/mol. The van der Waals surface area contributed by atoms with Gasteiger partial charge in [0, 0.05) is 38.8 Å². The minimum atomic E-state index is -0.101. The molecule has 0 spiro atoms. The third kappa shape index (κ3) is 3.22. The van der Waals surface area contributed by atoms with Crippen LogP contribution < -0.4 is 16.0 Å². The third-order valence-electron chi connectivity index (χ3n) is 3.77. The summed E-state index contributed by atoms with van der Waals surface area (Å²) in [7, 11) is 1.62. The normalized spacial score (nSPS) is 16.2. The number of hydrogen-bond donors (Lipinski definition) is 2. The predicted molar refractivity (Wildman–Crippen MR) is 83.2 cm³/mol. The van der Waals surface area contributed by atoms with E-state index in [1.165, 1.54) is 13.0 Å². The van der Waals surface area contributed by atoms with Crippen LogP contribution in [-0.4, -0.2) is 50.6 Å². The minimum absolute atomic E-state index is 0.101. The minimum Gasteiger partial charge on any atom is -0.397 e. The predicted octanol–water partition coefficient (Wildman–Crippen LogP) is 1.16. The molecule has 3 N–H and O–H groups in total. The molecule has 0 aromatic heterocycles. The first kappa shape index (κ1) is 14.7. The van der Waals surface area contributed by atoms with Gasteiger partial charge in [-0.3, -0.25) is 9.69 Å². The van der Waals surface area contributed by atoms with E-state index in [-0.39, 0.29) is 5.91 Å². The van der Waals surface area contributed by atoms with E-state index >= 15 is 0 Å². The van der Waals surface area contributed by atoms with Gasteiger partial charge >= 0.3 is 0 Å². The van der Waals surface area contributed by atoms with E-state index in [9.17, 15) is 4.79 Å². The maximum absolute atomic E-state index is 11.6. The van der Waals surface area contributed by atoms with Crippen molar-refractivity contribution in [1.82, 2.24) is 10.2 Å². The zero-order valence-corrected chi connectivity index (χ0v) is 12.4. The van der Waals surface area contributed by atoms with Gasteiger partial charge in [-0.15, -0.1) is 0 Å². The molecule has 1 aromatic carbocycles. The number of nitrogens with one attached hydrogen (secondary N) is 1. The van der Waals surface area contributed by atoms with Gasteiger partial charge in [0.05, 0.1) is 11.4 Å². The van der Waals surface area contributed by atoms with Crippen molar-refractivity contribution >= 4 is 17.3 Å². The molecule has 0 radical (unpaired) electrons. The van der Waals surface area contributed by atoms with Crippen molar-refractivity contribution < 1.29 is 4.79 Å². The average Bonchev–Trinajstić information content (AvgIpc) is 2.47. The number of rotatable bonds is 4. The lowest BCUT2D eigenvalue weighted by atomic mass is 10.1. The number of piperazine rings is 1. The van der Waals surface area contributed by atoms with E-state index in [2.05, 4.69) is 22.0 Å². The Labute approximate surface area is 120 Å². The fraction of sp³-hybridized carbons (Fsp3) is 0.533. The first-order valence-electron chi connectivity index (χ1n) is 7.24. The molecule has 1 aromatic rings. The molecule has 0 saturated carbocycles. The number of carbonyl (C=O) groups excluding carboxylic acids is 1. The summed E-state index contributed by atoms with van der Waals surface area (Å²) in [5.41, 5.74) is 8.42. The summed E-state index contributed by atoms with van der Waals surface area (Å²) in [5.74, 6) is -0.101. The van der Waals surface area contributed by atoms with Crippen LogP contribution in [-0.2, 0) is 0 Å². The van der Waals surface area contributed by atoms with Crippen LogP contribution in [0.15, 0.2) is 18.2 Å². The lowest BCUT2D eigenvalue weighted by Gasteiger charge is -2.36. The van der Waals surface area contributed by atoms with Gasteiger partial charge in [-0.25, -0.2) is 0 Å². The number of amides is 1. The summed E-state index contributed by atoms with van der Waals surface area (Å²) in [6.07, 6.45) is 1.20. The van der Waals surface area contributed by atoms with E-state index < -0.39 is 0 Å². The fourth-order valence-electron chi connectivity index (χ4n) is 2.66. The van der Waals surface area contributed by atoms with Gasteiger partial charge in [0.2, 0.25) is 0 Å². The third-order valence-corrected chi connectivity index (χ3v) is 3.77. The summed E-state index contributed by atoms with van der Waals surface area (Å²) in [6, 6.07) is 5.55. The summed E-state index contributed by atoms with van der Waals surface area (Å²) in [6.45, 7) is 7.50. The van der Waals surface area contributed by atoms with E-state index in [0.29, 0.717) is 11.3 Å². The molecule has 1 heterocycles. The highest BCUT2D eigenvalue weighted by molar-refractivity contribution is 5.96. The van der Waals surface area contributed by atoms with Crippen molar-refractivity contribution in [1.29, 1.82) is 0 Å². The van der Waals surface area contributed by atoms with Crippen LogP contribution >= 0.6 is 0 Å². The summed E-state index contributed by atoms with van der Waals surface area (Å²) in [4.78, 5) is 16.4. The number of nitrogen functional groups attached to an aromatic ring is 1. The molecule has 1 amide bonds. The van der Waals surface area contributed by atoms with E-state index in [1.807, 2.05) is 12.1 Å². The monoisotopic (exact) mass is 276 g/mol. The molecule has 0 bridgehead atoms. The van der Waals surface area contributed by atoms with Gasteiger partial charge in [-0.2, -0.15) is 0 Å². The molecular formula is C15H24N4O. The molecule has 110 valence electrons. The molecule has 0 aliphatic carbocycles. The maximum Gasteiger partial charge on any atom is 0.251 e. The van der Waals surface area contributed by atoms with Gasteiger partial charge in [0.25, 0.3) is 5.91 Å². The fourth-order valence-corrected chi connectivity index (χ4v) is 2.66. The van der Waals surface area contributed by atoms with E-state index in [4.69, 9.17) is 5.73 Å². The quantitative estimate of drug-likeness (QED) is 0.810. The molecule has 1 fully saturated rings. The van der Waals surface area contributed by atoms with Crippen LogP contribution in [0.4, 0.5) is 11.4 Å². The standard InChI is InChI=1S/C15H24N4O/c1-3-6-18-7-9-19(10-8-18)14-5-4-12(11-13(14)16)15(20)17-2/h4-5,11H,3,6-10,16H2,1-2H3,(H,17,20). The van der Waals surface area contributed by atoms with E-state index in [1.54, 1.807) is 13.1 Å². The average molecular weight is 276 g/mol. The lowest BCUT2D eigenvalue weighted by Crippen LogP contribution is -2.46. The summed E-state index contributed by atoms with van der Waals surface area (Å²) >= 11 is 0. The molecule has 0 atom stereocenters. The molecule has 1 aliphatic heterocycles. The highest BCUT2D eigenvalue weighted by Crippen LogP contribution is 2.25. The van der Waals surface area contributed by atoms with Crippen molar-refractivity contribution in [2.24, 2.45) is 0 Å². The topological polar surface area (TPSA) is 61.6 Å². The smallest absolute Gasteiger partial charge is 0.251 e. The highest BCUT2D eigenvalue weighted by Gasteiger charge is 2.18. The van der Waals surface area contributed by atoms with Crippen molar-refractivity contribution in [2.75, 3.05) is 50.4 Å². The molecule has 20 heavy (non-hydrogen) atoms. The SMILES string of the molecule is CCCN1CCN(c2ccc(C(=O)NC)cc2N)CC1. The Balaban J connectivity index is 2.05. The Hall–Kier alpha value is -1.75. The van der Waals surface area contributed by atoms with Crippen LogP contribution in [0.2, 0.25) is 0 Å². The van der Waals surface area contributed by atoms with Gasteiger partial charge in [0.1, 0.15) is 0 Å². The highest BCUT2D eigenvalue weighted by atomic mass is 16.1. The van der Waals surface area contributed by atoms with Crippen LogP contribution in [0.3, 0.4) is 0 Å². The Kier molecular flexibility index (Phi) is 4.84. The number of anilines is 2. The molecule has 5 heteroatoms. The summed E-state index contributed by atoms with van der Waals surface area (Å²) < 4.78 is 0. The first-order chi connectivity index (χ1) is 9.65. The van der Waals surface area contributed by atoms with Gasteiger partial charge in [-0.05, 0) is 31.2 Å². The zero-order chi connectivity index (χ0) is 14.5. The Bertz CT molecular complexity index is 467. The van der Waals surface area contributed by atoms with Crippen molar-refractivity contribution in [3.05, 3.63) is 23.8 Å². The number of benzene rings is 1. The van der Waals surface area contributed by atoms with Gasteiger partial charge in [-0.1, -0.05) is 6.92 Å². The van der Waals surface area contributed by atoms with Crippen molar-refractivity contribution in [2.45, 2.75) is 13.3 Å². The molecule has 1 saturated heterocycles. The van der Waals surface area contributed by atoms with Crippen molar-refractivity contribution in [3.8, 4) is 0 Å². The molecule has 0 unspecified atom stereocenters. The van der Waals surface area contributed by atoms with Crippen LogP contribution in [0, 0.1) is 0 Å². The number of nitrogens with two attached hydrogens (primary N) is 1. The first-order valence-corrected chi connectivity index (χ1v) is 7.24.